The van der Waals surface area contributed by atoms with Crippen LogP contribution >= 0.6 is 0 Å². The van der Waals surface area contributed by atoms with Crippen LogP contribution in [0, 0.1) is 0 Å². The Morgan fingerprint density at radius 2 is 1.38 bits per heavy atom. The van der Waals surface area contributed by atoms with E-state index in [4.69, 9.17) is 9.73 Å². The summed E-state index contributed by atoms with van der Waals surface area (Å²) in [6.07, 6.45) is 18.6. The molecule has 2 nitrogen and oxygen atoms in total. The molecule has 0 amide bonds. The molecule has 1 atom stereocenters. The second-order valence-electron chi connectivity index (χ2n) is 6.56. The van der Waals surface area contributed by atoms with Crippen molar-refractivity contribution < 1.29 is 4.74 Å². The van der Waals surface area contributed by atoms with E-state index in [9.17, 15) is 0 Å². The van der Waals surface area contributed by atoms with Crippen LogP contribution in [-0.4, -0.2) is 18.5 Å². The van der Waals surface area contributed by atoms with Crippen LogP contribution in [0.4, 0.5) is 0 Å². The van der Waals surface area contributed by atoms with Gasteiger partial charge in [0.2, 0.25) is 0 Å². The van der Waals surface area contributed by atoms with Crippen molar-refractivity contribution in [2.45, 2.75) is 110 Å². The van der Waals surface area contributed by atoms with Gasteiger partial charge in [0.05, 0.1) is 6.04 Å². The van der Waals surface area contributed by atoms with E-state index in [0.29, 0.717) is 6.04 Å². The molecule has 0 N–H and O–H groups in total. The summed E-state index contributed by atoms with van der Waals surface area (Å²) in [6, 6.07) is 0.464. The molecule has 0 spiro atoms. The highest BCUT2D eigenvalue weighted by Gasteiger charge is 2.17. The highest BCUT2D eigenvalue weighted by molar-refractivity contribution is 5.77. The van der Waals surface area contributed by atoms with Crippen molar-refractivity contribution in [2.24, 2.45) is 4.99 Å². The van der Waals surface area contributed by atoms with E-state index in [2.05, 4.69) is 13.8 Å². The number of unbranched alkanes of at least 4 members (excludes halogenated alkanes) is 10. The minimum atomic E-state index is 0.464. The van der Waals surface area contributed by atoms with Gasteiger partial charge in [0.15, 0.2) is 5.90 Å². The van der Waals surface area contributed by atoms with Gasteiger partial charge in [-0.2, -0.15) is 0 Å². The van der Waals surface area contributed by atoms with Crippen LogP contribution in [0.1, 0.15) is 104 Å². The lowest BCUT2D eigenvalue weighted by molar-refractivity contribution is 0.301. The monoisotopic (exact) mass is 295 g/mol. The first-order valence-corrected chi connectivity index (χ1v) is 9.56. The van der Waals surface area contributed by atoms with Gasteiger partial charge < -0.3 is 4.74 Å². The third-order valence-corrected chi connectivity index (χ3v) is 4.40. The fraction of sp³-hybridized carbons (Fsp3) is 0.947. The normalized spacial score (nSPS) is 17.8. The Morgan fingerprint density at radius 1 is 0.810 bits per heavy atom. The molecule has 0 bridgehead atoms. The van der Waals surface area contributed by atoms with E-state index in [-0.39, 0.29) is 0 Å². The van der Waals surface area contributed by atoms with Crippen LogP contribution < -0.4 is 0 Å². The van der Waals surface area contributed by atoms with E-state index >= 15 is 0 Å². The summed E-state index contributed by atoms with van der Waals surface area (Å²) in [5, 5.41) is 0. The summed E-state index contributed by atoms with van der Waals surface area (Å²) >= 11 is 0. The maximum Gasteiger partial charge on any atom is 0.183 e. The van der Waals surface area contributed by atoms with E-state index in [1.165, 1.54) is 83.5 Å². The minimum absolute atomic E-state index is 0.464. The second kappa shape index (κ2) is 13.2. The average Bonchev–Trinajstić information content (AvgIpc) is 2.94. The van der Waals surface area contributed by atoms with E-state index in [1.54, 1.807) is 0 Å². The van der Waals surface area contributed by atoms with Gasteiger partial charge in [-0.1, -0.05) is 84.5 Å². The van der Waals surface area contributed by atoms with Gasteiger partial charge in [0.25, 0.3) is 0 Å². The SMILES string of the molecule is CCCCCCCCC1=NC(CCCCCCCC)CO1. The molecule has 124 valence electrons. The van der Waals surface area contributed by atoms with Crippen molar-refractivity contribution in [3.05, 3.63) is 0 Å². The molecule has 0 aliphatic carbocycles. The topological polar surface area (TPSA) is 21.6 Å². The number of hydrogen-bond acceptors (Lipinski definition) is 2. The summed E-state index contributed by atoms with van der Waals surface area (Å²) in [5.74, 6) is 1.04. The first kappa shape index (κ1) is 18.5. The van der Waals surface area contributed by atoms with Crippen LogP contribution in [0.5, 0.6) is 0 Å². The zero-order valence-corrected chi connectivity index (χ0v) is 14.5. The molecule has 1 aliphatic heterocycles. The Morgan fingerprint density at radius 3 is 2.05 bits per heavy atom. The molecule has 0 saturated carbocycles. The summed E-state index contributed by atoms with van der Waals surface area (Å²) < 4.78 is 5.74. The first-order valence-electron chi connectivity index (χ1n) is 9.56. The molecule has 1 heterocycles. The number of hydrogen-bond donors (Lipinski definition) is 0. The van der Waals surface area contributed by atoms with Crippen molar-refractivity contribution >= 4 is 5.90 Å². The van der Waals surface area contributed by atoms with Crippen LogP contribution in [0.15, 0.2) is 4.99 Å². The van der Waals surface area contributed by atoms with Crippen molar-refractivity contribution in [1.29, 1.82) is 0 Å². The Kier molecular flexibility index (Phi) is 11.6. The number of ether oxygens (including phenoxy) is 1. The summed E-state index contributed by atoms with van der Waals surface area (Å²) in [7, 11) is 0. The molecule has 21 heavy (non-hydrogen) atoms. The van der Waals surface area contributed by atoms with Crippen LogP contribution in [0.3, 0.4) is 0 Å². The first-order chi connectivity index (χ1) is 10.4. The lowest BCUT2D eigenvalue weighted by atomic mass is 10.1. The highest BCUT2D eigenvalue weighted by Crippen LogP contribution is 2.17. The number of rotatable bonds is 14. The lowest BCUT2D eigenvalue weighted by Gasteiger charge is -2.04. The summed E-state index contributed by atoms with van der Waals surface area (Å²) in [6.45, 7) is 5.39. The number of aliphatic imine (C=N–C) groups is 1. The van der Waals surface area contributed by atoms with Crippen molar-refractivity contribution in [3.8, 4) is 0 Å². The van der Waals surface area contributed by atoms with Crippen LogP contribution in [0.2, 0.25) is 0 Å². The number of nitrogens with zero attached hydrogens (tertiary/aromatic N) is 1. The quantitative estimate of drug-likeness (QED) is 0.345. The molecule has 1 unspecified atom stereocenters. The molecule has 0 aromatic carbocycles. The second-order valence-corrected chi connectivity index (χ2v) is 6.56. The van der Waals surface area contributed by atoms with Gasteiger partial charge >= 0.3 is 0 Å². The molecule has 1 rings (SSSR count). The standard InChI is InChI=1S/C19H37NO/c1-3-5-7-9-11-13-15-18-17-21-19(20-18)16-14-12-10-8-6-4-2/h18H,3-17H2,1-2H3. The van der Waals surface area contributed by atoms with E-state index < -0.39 is 0 Å². The van der Waals surface area contributed by atoms with Crippen molar-refractivity contribution in [1.82, 2.24) is 0 Å². The fourth-order valence-corrected chi connectivity index (χ4v) is 2.97. The Hall–Kier alpha value is -0.530. The van der Waals surface area contributed by atoms with Gasteiger partial charge in [-0.25, -0.2) is 4.99 Å². The maximum absolute atomic E-state index is 5.74. The largest absolute Gasteiger partial charge is 0.479 e. The molecular formula is C19H37NO. The van der Waals surface area contributed by atoms with E-state index in [0.717, 1.165) is 18.9 Å². The minimum Gasteiger partial charge on any atom is -0.479 e. The smallest absolute Gasteiger partial charge is 0.183 e. The summed E-state index contributed by atoms with van der Waals surface area (Å²) in [4.78, 5) is 4.75. The van der Waals surface area contributed by atoms with Crippen LogP contribution in [-0.2, 0) is 4.74 Å². The summed E-state index contributed by atoms with van der Waals surface area (Å²) in [5.41, 5.74) is 0. The van der Waals surface area contributed by atoms with Gasteiger partial charge in [-0.15, -0.1) is 0 Å². The van der Waals surface area contributed by atoms with Crippen molar-refractivity contribution in [2.75, 3.05) is 6.61 Å². The Labute approximate surface area is 132 Å². The maximum atomic E-state index is 5.74. The third kappa shape index (κ3) is 9.92. The molecular weight excluding hydrogens is 258 g/mol. The zero-order chi connectivity index (χ0) is 15.2. The molecule has 0 aromatic heterocycles. The van der Waals surface area contributed by atoms with Gasteiger partial charge in [0, 0.05) is 6.42 Å². The van der Waals surface area contributed by atoms with Crippen molar-refractivity contribution in [3.63, 3.8) is 0 Å². The molecule has 0 fully saturated rings. The lowest BCUT2D eigenvalue weighted by Crippen LogP contribution is -2.05. The van der Waals surface area contributed by atoms with Gasteiger partial charge in [-0.3, -0.25) is 0 Å². The zero-order valence-electron chi connectivity index (χ0n) is 14.5. The Bertz CT molecular complexity index is 262. The van der Waals surface area contributed by atoms with Crippen LogP contribution in [0.25, 0.3) is 0 Å². The molecule has 1 aliphatic rings. The molecule has 0 aromatic rings. The fourth-order valence-electron chi connectivity index (χ4n) is 2.97. The molecule has 0 radical (unpaired) electrons. The molecule has 2 heteroatoms. The average molecular weight is 296 g/mol. The molecule has 0 saturated heterocycles. The Balaban J connectivity index is 1.95. The van der Waals surface area contributed by atoms with E-state index in [1.807, 2.05) is 0 Å². The third-order valence-electron chi connectivity index (χ3n) is 4.40. The predicted molar refractivity (Wildman–Crippen MR) is 93.2 cm³/mol. The van der Waals surface area contributed by atoms with Gasteiger partial charge in [-0.05, 0) is 12.8 Å². The predicted octanol–water partition coefficient (Wildman–Crippen LogP) is 6.28. The highest BCUT2D eigenvalue weighted by atomic mass is 16.5. The van der Waals surface area contributed by atoms with Gasteiger partial charge in [0.1, 0.15) is 6.61 Å².